The zero-order valence-electron chi connectivity index (χ0n) is 41.5. The van der Waals surface area contributed by atoms with E-state index in [1.165, 1.54) is 11.4 Å². The monoisotopic (exact) mass is 993 g/mol. The predicted molar refractivity (Wildman–Crippen MR) is 257 cm³/mol. The van der Waals surface area contributed by atoms with Crippen molar-refractivity contribution in [2.45, 2.75) is 52.6 Å². The van der Waals surface area contributed by atoms with Crippen molar-refractivity contribution < 1.29 is 76.1 Å². The summed E-state index contributed by atoms with van der Waals surface area (Å²) in [5, 5.41) is 3.89. The number of hydrogen-bond acceptors (Lipinski definition) is 20. The molecule has 0 bridgehead atoms. The third-order valence-corrected chi connectivity index (χ3v) is 9.12. The number of rotatable bonds is 41. The van der Waals surface area contributed by atoms with Crippen LogP contribution in [-0.4, -0.2) is 203 Å². The number of hydroxylamine groups is 2. The van der Waals surface area contributed by atoms with Crippen LogP contribution >= 0.6 is 0 Å². The number of carbonyl (C=O) groups is 3. The van der Waals surface area contributed by atoms with E-state index in [9.17, 15) is 14.4 Å². The molecular weight excluding hydrogens is 917 g/mol. The lowest BCUT2D eigenvalue weighted by Gasteiger charge is -2.22. The Balaban J connectivity index is 1.02. The minimum absolute atomic E-state index is 0.0473. The van der Waals surface area contributed by atoms with Crippen LogP contribution in [0.2, 0.25) is 0 Å². The van der Waals surface area contributed by atoms with Gasteiger partial charge in [-0.05, 0) is 44.9 Å². The molecule has 1 aromatic heterocycles. The molecule has 3 N–H and O–H groups in total. The van der Waals surface area contributed by atoms with E-state index in [-0.39, 0.29) is 51.1 Å². The van der Waals surface area contributed by atoms with Gasteiger partial charge in [0.2, 0.25) is 0 Å². The molecule has 394 valence electrons. The third-order valence-electron chi connectivity index (χ3n) is 9.12. The Bertz CT molecular complexity index is 1790. The van der Waals surface area contributed by atoms with Gasteiger partial charge < -0.3 is 67.9 Å². The largest absolute Gasteiger partial charge is 0.460 e. The molecule has 22 heteroatoms. The van der Waals surface area contributed by atoms with Gasteiger partial charge in [-0.3, -0.25) is 14.4 Å². The molecule has 3 rings (SSSR count). The summed E-state index contributed by atoms with van der Waals surface area (Å²) >= 11 is 0. The second kappa shape index (κ2) is 38.0. The molecule has 2 aromatic rings. The number of aliphatic imine (C=N–C) groups is 1. The van der Waals surface area contributed by atoms with Gasteiger partial charge in [0.1, 0.15) is 24.4 Å². The third kappa shape index (κ3) is 29.5. The van der Waals surface area contributed by atoms with Crippen LogP contribution in [0.1, 0.15) is 52.5 Å². The van der Waals surface area contributed by atoms with E-state index in [1.54, 1.807) is 18.5 Å². The second-order valence-electron chi connectivity index (χ2n) is 16.1. The highest BCUT2D eigenvalue weighted by molar-refractivity contribution is 6.05. The highest BCUT2D eigenvalue weighted by Gasteiger charge is 2.23. The smallest absolute Gasteiger partial charge is 0.407 e. The molecule has 1 aliphatic rings. The fourth-order valence-corrected chi connectivity index (χ4v) is 5.93. The molecule has 0 aliphatic carbocycles. The summed E-state index contributed by atoms with van der Waals surface area (Å²) in [5.74, 6) is -0.309. The summed E-state index contributed by atoms with van der Waals surface area (Å²) in [6.45, 7) is 16.3. The van der Waals surface area contributed by atoms with Crippen LogP contribution in [0.15, 0.2) is 47.5 Å². The summed E-state index contributed by atoms with van der Waals surface area (Å²) < 4.78 is 65.1. The Morgan fingerprint density at radius 2 is 1.11 bits per heavy atom. The molecule has 0 unspecified atom stereocenters. The Hall–Kier alpha value is -4.72. The Morgan fingerprint density at radius 3 is 1.59 bits per heavy atom. The van der Waals surface area contributed by atoms with Gasteiger partial charge >= 0.3 is 12.1 Å². The molecule has 0 radical (unpaired) electrons. The number of nitrogens with zero attached hydrogens (tertiary/aromatic N) is 4. The molecule has 0 spiro atoms. The minimum atomic E-state index is -0.629. The Labute approximate surface area is 412 Å². The number of aromatic nitrogens is 2. The van der Waals surface area contributed by atoms with Crippen molar-refractivity contribution in [3.63, 3.8) is 0 Å². The van der Waals surface area contributed by atoms with Crippen molar-refractivity contribution in [2.24, 2.45) is 10.7 Å². The van der Waals surface area contributed by atoms with Crippen molar-refractivity contribution in [3.8, 4) is 11.1 Å². The maximum absolute atomic E-state index is 13.5. The molecule has 2 amide bonds. The SMILES string of the molecule is CCCN(OCCNC(=O)OCCOCCOCCOCCOCCOCCOCCOCCOCCOCCOCCC(=O)OC(C)(C)C)C(=O)C1=Cc2ccc(-c3cncnc3)cc2N=C(N)C1. The molecule has 1 aromatic carbocycles. The highest BCUT2D eigenvalue weighted by Crippen LogP contribution is 2.31. The topological polar surface area (TPSA) is 251 Å². The number of nitrogens with two attached hydrogens (primary N) is 1. The average Bonchev–Trinajstić information content (AvgIpc) is 3.51. The summed E-state index contributed by atoms with van der Waals surface area (Å²) in [6, 6.07) is 5.68. The van der Waals surface area contributed by atoms with Gasteiger partial charge in [-0.1, -0.05) is 19.1 Å². The van der Waals surface area contributed by atoms with Crippen molar-refractivity contribution in [1.29, 1.82) is 0 Å². The molecule has 0 saturated heterocycles. The van der Waals surface area contributed by atoms with E-state index in [1.807, 2.05) is 45.9 Å². The van der Waals surface area contributed by atoms with Crippen LogP contribution in [0, 0.1) is 0 Å². The van der Waals surface area contributed by atoms with E-state index >= 15 is 0 Å². The Morgan fingerprint density at radius 1 is 0.643 bits per heavy atom. The van der Waals surface area contributed by atoms with Gasteiger partial charge in [0.05, 0.1) is 151 Å². The molecule has 22 nitrogen and oxygen atoms in total. The molecule has 0 fully saturated rings. The maximum Gasteiger partial charge on any atom is 0.407 e. The number of fused-ring (bicyclic) bond motifs is 1. The van der Waals surface area contributed by atoms with Crippen LogP contribution in [0.5, 0.6) is 0 Å². The van der Waals surface area contributed by atoms with Crippen LogP contribution in [0.25, 0.3) is 17.2 Å². The van der Waals surface area contributed by atoms with Gasteiger partial charge in [-0.25, -0.2) is 24.8 Å². The zero-order chi connectivity index (χ0) is 50.3. The van der Waals surface area contributed by atoms with Crippen molar-refractivity contribution in [3.05, 3.63) is 48.1 Å². The van der Waals surface area contributed by atoms with Gasteiger partial charge in [-0.2, -0.15) is 0 Å². The van der Waals surface area contributed by atoms with Crippen LogP contribution < -0.4 is 11.1 Å². The summed E-state index contributed by atoms with van der Waals surface area (Å²) in [6.07, 6.45) is 7.07. The van der Waals surface area contributed by atoms with Gasteiger partial charge in [0.15, 0.2) is 0 Å². The average molecular weight is 993 g/mol. The first-order valence-electron chi connectivity index (χ1n) is 23.8. The normalized spacial score (nSPS) is 12.5. The molecule has 70 heavy (non-hydrogen) atoms. The van der Waals surface area contributed by atoms with Gasteiger partial charge in [-0.15, -0.1) is 0 Å². The first-order chi connectivity index (χ1) is 34.1. The van der Waals surface area contributed by atoms with Crippen LogP contribution in [-0.2, 0) is 71.3 Å². The van der Waals surface area contributed by atoms with Gasteiger partial charge in [0.25, 0.3) is 5.91 Å². The highest BCUT2D eigenvalue weighted by atomic mass is 16.7. The van der Waals surface area contributed by atoms with E-state index in [0.29, 0.717) is 156 Å². The molecule has 0 saturated carbocycles. The lowest BCUT2D eigenvalue weighted by Crippen LogP contribution is -2.37. The van der Waals surface area contributed by atoms with Crippen molar-refractivity contribution in [1.82, 2.24) is 20.3 Å². The van der Waals surface area contributed by atoms with Gasteiger partial charge in [0, 0.05) is 48.6 Å². The number of alkyl carbamates (subject to hydrolysis) is 1. The van der Waals surface area contributed by atoms with Crippen molar-refractivity contribution >= 4 is 35.6 Å². The predicted octanol–water partition coefficient (Wildman–Crippen LogP) is 3.71. The minimum Gasteiger partial charge on any atom is -0.460 e. The number of esters is 1. The van der Waals surface area contributed by atoms with Crippen molar-refractivity contribution in [2.75, 3.05) is 158 Å². The molecule has 0 atom stereocenters. The van der Waals surface area contributed by atoms with E-state index in [0.717, 1.165) is 16.7 Å². The summed E-state index contributed by atoms with van der Waals surface area (Å²) in [7, 11) is 0. The zero-order valence-corrected chi connectivity index (χ0v) is 41.5. The number of benzene rings is 1. The van der Waals surface area contributed by atoms with Crippen LogP contribution in [0.3, 0.4) is 0 Å². The summed E-state index contributed by atoms with van der Waals surface area (Å²) in [4.78, 5) is 55.7. The number of hydrogen-bond donors (Lipinski definition) is 2. The lowest BCUT2D eigenvalue weighted by atomic mass is 10.0. The number of nitrogens with one attached hydrogen (secondary N) is 1. The maximum atomic E-state index is 13.5. The number of amides is 2. The quantitative estimate of drug-likeness (QED) is 0.0547. The number of amidine groups is 1. The fraction of sp³-hybridized carbons (Fsp3) is 0.667. The number of ether oxygens (including phenoxy) is 12. The Kier molecular flexibility index (Phi) is 32.4. The second-order valence-corrected chi connectivity index (χ2v) is 16.1. The van der Waals surface area contributed by atoms with E-state index < -0.39 is 11.7 Å². The molecule has 2 heterocycles. The lowest BCUT2D eigenvalue weighted by molar-refractivity contribution is -0.181. The first kappa shape index (κ1) is 59.6. The standard InChI is InChI=1S/C48H76N6O16/c1-5-10-54(46(56)41-33-40-7-6-39(42-36-50-38-51-37-42)34-43(40)53-44(49)35-41)69-12-9-52-47(57)68-32-31-67-30-29-66-28-27-65-26-25-64-24-23-63-22-21-62-20-19-61-18-17-60-16-15-59-14-13-58-11-8-45(55)70-48(2,3)4/h6-7,33-34,36-38H,5,8-32,35H2,1-4H3,(H2,49,53)(H,52,57). The van der Waals surface area contributed by atoms with Crippen LogP contribution in [0.4, 0.5) is 10.5 Å². The molecule has 1 aliphatic heterocycles. The van der Waals surface area contributed by atoms with E-state index in [2.05, 4.69) is 20.3 Å². The first-order valence-corrected chi connectivity index (χ1v) is 23.8. The fourth-order valence-electron chi connectivity index (χ4n) is 5.93. The summed E-state index contributed by atoms with van der Waals surface area (Å²) in [5.41, 5.74) is 9.27. The molecular formula is C48H76N6O16. The number of carbonyl (C=O) groups excluding carboxylic acids is 3. The van der Waals surface area contributed by atoms with E-state index in [4.69, 9.17) is 67.4 Å².